The molecule has 2 aromatic carbocycles. The quantitative estimate of drug-likeness (QED) is 0.882. The molecule has 0 bridgehead atoms. The predicted octanol–water partition coefficient (Wildman–Crippen LogP) is 3.98. The van der Waals surface area contributed by atoms with Crippen molar-refractivity contribution >= 4 is 17.3 Å². The van der Waals surface area contributed by atoms with Crippen molar-refractivity contribution in [1.82, 2.24) is 0 Å². The van der Waals surface area contributed by atoms with Gasteiger partial charge in [-0.2, -0.15) is 0 Å². The molecule has 2 aromatic rings. The summed E-state index contributed by atoms with van der Waals surface area (Å²) in [5.74, 6) is -0.820. The Kier molecular flexibility index (Phi) is 4.08. The molecule has 0 heterocycles. The zero-order chi connectivity index (χ0) is 14.7. The SMILES string of the molecule is Cc1cc(C)cc(Nc2ccc(C)cc2CC(=O)O)c1. The Balaban J connectivity index is 2.34. The number of anilines is 2. The molecule has 0 saturated heterocycles. The Morgan fingerprint density at radius 2 is 1.65 bits per heavy atom. The van der Waals surface area contributed by atoms with Gasteiger partial charge < -0.3 is 10.4 Å². The van der Waals surface area contributed by atoms with Crippen LogP contribution in [-0.2, 0) is 11.2 Å². The molecule has 0 amide bonds. The smallest absolute Gasteiger partial charge is 0.307 e. The lowest BCUT2D eigenvalue weighted by atomic mass is 10.1. The number of aliphatic carboxylic acids is 1. The van der Waals surface area contributed by atoms with Crippen molar-refractivity contribution in [3.63, 3.8) is 0 Å². The van der Waals surface area contributed by atoms with Crippen molar-refractivity contribution in [2.45, 2.75) is 27.2 Å². The Morgan fingerprint density at radius 1 is 1.00 bits per heavy atom. The average molecular weight is 269 g/mol. The van der Waals surface area contributed by atoms with E-state index in [1.54, 1.807) is 0 Å². The molecule has 0 aliphatic carbocycles. The van der Waals surface area contributed by atoms with Crippen LogP contribution in [0.2, 0.25) is 0 Å². The summed E-state index contributed by atoms with van der Waals surface area (Å²) in [5, 5.41) is 12.3. The summed E-state index contributed by atoms with van der Waals surface area (Å²) in [4.78, 5) is 11.0. The molecular formula is C17H19NO2. The fourth-order valence-electron chi connectivity index (χ4n) is 2.36. The Labute approximate surface area is 119 Å². The van der Waals surface area contributed by atoms with Crippen LogP contribution in [0.25, 0.3) is 0 Å². The molecule has 3 heteroatoms. The molecule has 0 fully saturated rings. The van der Waals surface area contributed by atoms with Crippen molar-refractivity contribution < 1.29 is 9.90 Å². The van der Waals surface area contributed by atoms with Crippen LogP contribution < -0.4 is 5.32 Å². The summed E-state index contributed by atoms with van der Waals surface area (Å²) in [6.07, 6.45) is 0.0226. The number of nitrogens with one attached hydrogen (secondary N) is 1. The van der Waals surface area contributed by atoms with Crippen LogP contribution in [0.15, 0.2) is 36.4 Å². The first-order valence-electron chi connectivity index (χ1n) is 6.60. The third kappa shape index (κ3) is 3.60. The molecule has 0 aliphatic rings. The highest BCUT2D eigenvalue weighted by Crippen LogP contribution is 2.24. The first kappa shape index (κ1) is 14.1. The second-order valence-corrected chi connectivity index (χ2v) is 5.23. The van der Waals surface area contributed by atoms with Gasteiger partial charge in [-0.05, 0) is 55.7 Å². The van der Waals surface area contributed by atoms with Crippen molar-refractivity contribution in [1.29, 1.82) is 0 Å². The van der Waals surface area contributed by atoms with E-state index < -0.39 is 5.97 Å². The van der Waals surface area contributed by atoms with Gasteiger partial charge in [-0.15, -0.1) is 0 Å². The number of benzene rings is 2. The molecule has 0 atom stereocenters. The van der Waals surface area contributed by atoms with Gasteiger partial charge in [0.1, 0.15) is 0 Å². The molecule has 0 radical (unpaired) electrons. The van der Waals surface area contributed by atoms with Gasteiger partial charge in [0.25, 0.3) is 0 Å². The van der Waals surface area contributed by atoms with Gasteiger partial charge >= 0.3 is 5.97 Å². The number of carbonyl (C=O) groups is 1. The number of hydrogen-bond acceptors (Lipinski definition) is 2. The highest BCUT2D eigenvalue weighted by atomic mass is 16.4. The average Bonchev–Trinajstić information content (AvgIpc) is 2.30. The minimum Gasteiger partial charge on any atom is -0.481 e. The van der Waals surface area contributed by atoms with Gasteiger partial charge in [0.15, 0.2) is 0 Å². The Hall–Kier alpha value is -2.29. The first-order chi connectivity index (χ1) is 9.44. The van der Waals surface area contributed by atoms with Crippen molar-refractivity contribution in [3.8, 4) is 0 Å². The molecule has 2 N–H and O–H groups in total. The van der Waals surface area contributed by atoms with Crippen molar-refractivity contribution in [2.24, 2.45) is 0 Å². The third-order valence-corrected chi connectivity index (χ3v) is 3.10. The van der Waals surface area contributed by atoms with Crippen LogP contribution in [0.5, 0.6) is 0 Å². The lowest BCUT2D eigenvalue weighted by molar-refractivity contribution is -0.136. The van der Waals surface area contributed by atoms with E-state index in [9.17, 15) is 4.79 Å². The highest BCUT2D eigenvalue weighted by Gasteiger charge is 2.08. The Bertz CT molecular complexity index is 627. The molecule has 0 spiro atoms. The maximum atomic E-state index is 11.0. The van der Waals surface area contributed by atoms with Crippen molar-refractivity contribution in [3.05, 3.63) is 58.7 Å². The largest absolute Gasteiger partial charge is 0.481 e. The predicted molar refractivity (Wildman–Crippen MR) is 81.7 cm³/mol. The monoisotopic (exact) mass is 269 g/mol. The number of rotatable bonds is 4. The molecule has 0 unspecified atom stereocenters. The summed E-state index contributed by atoms with van der Waals surface area (Å²) in [6, 6.07) is 12.0. The van der Waals surface area contributed by atoms with E-state index in [-0.39, 0.29) is 6.42 Å². The topological polar surface area (TPSA) is 49.3 Å². The Morgan fingerprint density at radius 3 is 2.25 bits per heavy atom. The molecule has 0 aliphatic heterocycles. The van der Waals surface area contributed by atoms with E-state index in [1.165, 1.54) is 11.1 Å². The van der Waals surface area contributed by atoms with Crippen LogP contribution in [-0.4, -0.2) is 11.1 Å². The zero-order valence-corrected chi connectivity index (χ0v) is 12.0. The van der Waals surface area contributed by atoms with E-state index in [1.807, 2.05) is 39.0 Å². The fraction of sp³-hybridized carbons (Fsp3) is 0.235. The van der Waals surface area contributed by atoms with Gasteiger partial charge in [0, 0.05) is 11.4 Å². The summed E-state index contributed by atoms with van der Waals surface area (Å²) in [6.45, 7) is 6.06. The summed E-state index contributed by atoms with van der Waals surface area (Å²) < 4.78 is 0. The number of carboxylic acid groups (broad SMARTS) is 1. The lowest BCUT2D eigenvalue weighted by Crippen LogP contribution is -2.04. The van der Waals surface area contributed by atoms with Crippen LogP contribution in [0.3, 0.4) is 0 Å². The lowest BCUT2D eigenvalue weighted by Gasteiger charge is -2.13. The second-order valence-electron chi connectivity index (χ2n) is 5.23. The van der Waals surface area contributed by atoms with Gasteiger partial charge in [-0.25, -0.2) is 0 Å². The van der Waals surface area contributed by atoms with Gasteiger partial charge in [0.05, 0.1) is 6.42 Å². The van der Waals surface area contributed by atoms with E-state index in [0.29, 0.717) is 0 Å². The van der Waals surface area contributed by atoms with Crippen molar-refractivity contribution in [2.75, 3.05) is 5.32 Å². The summed E-state index contributed by atoms with van der Waals surface area (Å²) in [7, 11) is 0. The van der Waals surface area contributed by atoms with Crippen LogP contribution in [0, 0.1) is 20.8 Å². The van der Waals surface area contributed by atoms with Gasteiger partial charge in [0.2, 0.25) is 0 Å². The minimum atomic E-state index is -0.820. The molecule has 3 nitrogen and oxygen atoms in total. The molecular weight excluding hydrogens is 250 g/mol. The van der Waals surface area contributed by atoms with Gasteiger partial charge in [-0.3, -0.25) is 4.79 Å². The van der Waals surface area contributed by atoms with Crippen LogP contribution in [0.4, 0.5) is 11.4 Å². The maximum Gasteiger partial charge on any atom is 0.307 e. The standard InChI is InChI=1S/C17H19NO2/c1-11-4-5-16(14(7-11)10-17(19)20)18-15-8-12(2)6-13(3)9-15/h4-9,18H,10H2,1-3H3,(H,19,20). The van der Waals surface area contributed by atoms with Crippen LogP contribution in [0.1, 0.15) is 22.3 Å². The first-order valence-corrected chi connectivity index (χ1v) is 6.60. The molecule has 104 valence electrons. The number of hydrogen-bond donors (Lipinski definition) is 2. The fourth-order valence-corrected chi connectivity index (χ4v) is 2.36. The minimum absolute atomic E-state index is 0.0226. The zero-order valence-electron chi connectivity index (χ0n) is 12.0. The van der Waals surface area contributed by atoms with E-state index >= 15 is 0 Å². The second kappa shape index (κ2) is 5.78. The third-order valence-electron chi connectivity index (χ3n) is 3.10. The molecule has 2 rings (SSSR count). The number of aryl methyl sites for hydroxylation is 3. The molecule has 20 heavy (non-hydrogen) atoms. The van der Waals surface area contributed by atoms with E-state index in [0.717, 1.165) is 22.5 Å². The summed E-state index contributed by atoms with van der Waals surface area (Å²) >= 11 is 0. The highest BCUT2D eigenvalue weighted by molar-refractivity contribution is 5.75. The maximum absolute atomic E-state index is 11.0. The van der Waals surface area contributed by atoms with Gasteiger partial charge in [-0.1, -0.05) is 23.8 Å². The normalized spacial score (nSPS) is 10.3. The summed E-state index contributed by atoms with van der Waals surface area (Å²) in [5.41, 5.74) is 6.06. The van der Waals surface area contributed by atoms with Crippen LogP contribution >= 0.6 is 0 Å². The molecule has 0 aromatic heterocycles. The number of carboxylic acids is 1. The van der Waals surface area contributed by atoms with E-state index in [4.69, 9.17) is 5.11 Å². The van der Waals surface area contributed by atoms with E-state index in [2.05, 4.69) is 23.5 Å². The molecule has 0 saturated carbocycles.